The van der Waals surface area contributed by atoms with E-state index in [0.29, 0.717) is 35.5 Å². The van der Waals surface area contributed by atoms with Gasteiger partial charge in [0.15, 0.2) is 11.6 Å². The summed E-state index contributed by atoms with van der Waals surface area (Å²) < 4.78 is 23.2. The molecule has 1 aliphatic carbocycles. The minimum Gasteiger partial charge on any atom is -0.492 e. The van der Waals surface area contributed by atoms with Gasteiger partial charge in [0.25, 0.3) is 0 Å². The molecule has 33 heavy (non-hydrogen) atoms. The van der Waals surface area contributed by atoms with Crippen molar-refractivity contribution in [2.75, 3.05) is 31.6 Å². The molecule has 5 rings (SSSR count). The average molecular weight is 458 g/mol. The molecule has 3 heterocycles. The van der Waals surface area contributed by atoms with E-state index in [9.17, 15) is 14.7 Å². The Bertz CT molecular complexity index is 1180. The topological polar surface area (TPSA) is 75.0 Å². The lowest BCUT2D eigenvalue weighted by Crippen LogP contribution is -2.54. The van der Waals surface area contributed by atoms with Gasteiger partial charge in [0.05, 0.1) is 18.0 Å². The van der Waals surface area contributed by atoms with E-state index in [1.807, 2.05) is 4.57 Å². The van der Waals surface area contributed by atoms with Gasteiger partial charge in [-0.15, -0.1) is 0 Å². The van der Waals surface area contributed by atoms with Crippen molar-refractivity contribution in [3.8, 4) is 5.75 Å². The zero-order chi connectivity index (χ0) is 23.7. The van der Waals surface area contributed by atoms with E-state index in [2.05, 4.69) is 30.6 Å². The summed E-state index contributed by atoms with van der Waals surface area (Å²) in [5.74, 6) is -1.07. The summed E-state index contributed by atoms with van der Waals surface area (Å²) in [7, 11) is 1.50. The first kappa shape index (κ1) is 22.2. The van der Waals surface area contributed by atoms with Crippen LogP contribution >= 0.6 is 0 Å². The van der Waals surface area contributed by atoms with Crippen molar-refractivity contribution in [3.05, 3.63) is 33.9 Å². The van der Waals surface area contributed by atoms with Crippen molar-refractivity contribution < 1.29 is 19.0 Å². The number of fused-ring (bicyclic) bond motifs is 2. The molecule has 2 aromatic rings. The van der Waals surface area contributed by atoms with Gasteiger partial charge in [-0.2, -0.15) is 0 Å². The number of ether oxygens (including phenoxy) is 1. The molecule has 1 aromatic heterocycles. The number of aromatic nitrogens is 1. The predicted molar refractivity (Wildman–Crippen MR) is 125 cm³/mol. The monoisotopic (exact) mass is 457 g/mol. The molecule has 3 aliphatic rings. The third kappa shape index (κ3) is 3.59. The van der Waals surface area contributed by atoms with Gasteiger partial charge in [0.2, 0.25) is 5.43 Å². The van der Waals surface area contributed by atoms with Crippen molar-refractivity contribution in [2.24, 2.45) is 5.92 Å². The number of piperidine rings is 1. The van der Waals surface area contributed by atoms with E-state index >= 15 is 4.39 Å². The van der Waals surface area contributed by atoms with Crippen molar-refractivity contribution in [1.29, 1.82) is 0 Å². The number of carboxylic acid groups (broad SMARTS) is 1. The van der Waals surface area contributed by atoms with Gasteiger partial charge in [-0.05, 0) is 65.0 Å². The second kappa shape index (κ2) is 7.72. The lowest BCUT2D eigenvalue weighted by atomic mass is 9.88. The molecule has 2 unspecified atom stereocenters. The molecule has 0 bridgehead atoms. The fourth-order valence-corrected chi connectivity index (χ4v) is 5.92. The lowest BCUT2D eigenvalue weighted by Gasteiger charge is -2.45. The highest BCUT2D eigenvalue weighted by molar-refractivity contribution is 5.97. The van der Waals surface area contributed by atoms with Crippen molar-refractivity contribution in [3.63, 3.8) is 0 Å². The Balaban J connectivity index is 1.66. The van der Waals surface area contributed by atoms with Crippen LogP contribution in [0.25, 0.3) is 10.9 Å². The maximum absolute atomic E-state index is 15.7. The Morgan fingerprint density at radius 2 is 1.94 bits per heavy atom. The average Bonchev–Trinajstić information content (AvgIpc) is 3.50. The van der Waals surface area contributed by atoms with Crippen LogP contribution in [0.3, 0.4) is 0 Å². The number of anilines is 1. The highest BCUT2D eigenvalue weighted by Gasteiger charge is 2.44. The summed E-state index contributed by atoms with van der Waals surface area (Å²) in [5.41, 5.74) is -0.103. The van der Waals surface area contributed by atoms with Crippen LogP contribution in [0.4, 0.5) is 10.1 Å². The molecular weight excluding hydrogens is 425 g/mol. The number of likely N-dealkylation sites (tertiary alicyclic amines) is 1. The van der Waals surface area contributed by atoms with Gasteiger partial charge in [-0.1, -0.05) is 0 Å². The normalized spacial score (nSPS) is 23.7. The first-order valence-corrected chi connectivity index (χ1v) is 11.8. The Hall–Kier alpha value is -2.61. The number of nitrogens with zero attached hydrogens (tertiary/aromatic N) is 3. The Morgan fingerprint density at radius 1 is 1.21 bits per heavy atom. The molecule has 2 atom stereocenters. The van der Waals surface area contributed by atoms with Gasteiger partial charge < -0.3 is 19.3 Å². The Kier molecular flexibility index (Phi) is 5.19. The highest BCUT2D eigenvalue weighted by atomic mass is 19.1. The van der Waals surface area contributed by atoms with Crippen LogP contribution in [0.2, 0.25) is 0 Å². The van der Waals surface area contributed by atoms with E-state index < -0.39 is 17.2 Å². The largest absolute Gasteiger partial charge is 0.492 e. The zero-order valence-corrected chi connectivity index (χ0v) is 19.7. The van der Waals surface area contributed by atoms with Crippen LogP contribution in [-0.4, -0.2) is 58.9 Å². The number of carboxylic acids is 1. The van der Waals surface area contributed by atoms with Crippen molar-refractivity contribution >= 4 is 22.6 Å². The molecule has 2 aliphatic heterocycles. The Labute approximate surface area is 192 Å². The van der Waals surface area contributed by atoms with Gasteiger partial charge >= 0.3 is 5.97 Å². The molecular formula is C25H32FN3O4. The molecule has 3 fully saturated rings. The van der Waals surface area contributed by atoms with E-state index in [-0.39, 0.29) is 22.5 Å². The molecule has 0 radical (unpaired) electrons. The van der Waals surface area contributed by atoms with E-state index in [1.165, 1.54) is 19.4 Å². The summed E-state index contributed by atoms with van der Waals surface area (Å²) in [6, 6.07) is 1.64. The molecule has 0 spiro atoms. The van der Waals surface area contributed by atoms with Crippen LogP contribution in [0.15, 0.2) is 17.1 Å². The fraction of sp³-hybridized carbons (Fsp3) is 0.600. The quantitative estimate of drug-likeness (QED) is 0.751. The molecule has 0 amide bonds. The summed E-state index contributed by atoms with van der Waals surface area (Å²) in [4.78, 5) is 29.2. The third-order valence-corrected chi connectivity index (χ3v) is 7.53. The maximum atomic E-state index is 15.7. The molecule has 2 saturated heterocycles. The van der Waals surface area contributed by atoms with E-state index in [4.69, 9.17) is 4.74 Å². The first-order chi connectivity index (χ1) is 15.6. The molecule has 178 valence electrons. The molecule has 1 aromatic carbocycles. The van der Waals surface area contributed by atoms with Crippen LogP contribution < -0.4 is 15.1 Å². The molecule has 7 nitrogen and oxygen atoms in total. The van der Waals surface area contributed by atoms with Gasteiger partial charge in [-0.25, -0.2) is 9.18 Å². The summed E-state index contributed by atoms with van der Waals surface area (Å²) in [5, 5.41) is 9.60. The fourth-order valence-electron chi connectivity index (χ4n) is 5.92. The Morgan fingerprint density at radius 3 is 2.55 bits per heavy atom. The highest BCUT2D eigenvalue weighted by Crippen LogP contribution is 2.46. The van der Waals surface area contributed by atoms with Crippen LogP contribution in [0, 0.1) is 11.7 Å². The number of pyridine rings is 1. The summed E-state index contributed by atoms with van der Waals surface area (Å²) >= 11 is 0. The molecule has 1 N–H and O–H groups in total. The number of hydrogen-bond donors (Lipinski definition) is 1. The second-order valence-corrected chi connectivity index (χ2v) is 10.7. The van der Waals surface area contributed by atoms with Crippen LogP contribution in [-0.2, 0) is 0 Å². The van der Waals surface area contributed by atoms with Gasteiger partial charge in [0, 0.05) is 36.9 Å². The summed E-state index contributed by atoms with van der Waals surface area (Å²) in [6.07, 6.45) is 5.42. The molecule has 1 saturated carbocycles. The lowest BCUT2D eigenvalue weighted by molar-refractivity contribution is 0.0383. The smallest absolute Gasteiger partial charge is 0.341 e. The minimum absolute atomic E-state index is 0.0328. The number of carbonyl (C=O) groups is 1. The summed E-state index contributed by atoms with van der Waals surface area (Å²) in [6.45, 7) is 9.14. The third-order valence-electron chi connectivity index (χ3n) is 7.53. The number of hydrogen-bond acceptors (Lipinski definition) is 5. The van der Waals surface area contributed by atoms with Crippen molar-refractivity contribution in [2.45, 2.75) is 64.1 Å². The number of rotatable bonds is 4. The van der Waals surface area contributed by atoms with Crippen LogP contribution in [0.5, 0.6) is 5.75 Å². The SMILES string of the molecule is COc1c(N2CC3CCCN(C(C)(C)C)C3C2)c(F)cc2c(=O)c(C(=O)O)cn(C3CC3)c12. The van der Waals surface area contributed by atoms with E-state index in [0.717, 1.165) is 38.8 Å². The second-order valence-electron chi connectivity index (χ2n) is 10.7. The first-order valence-electron chi connectivity index (χ1n) is 11.8. The van der Waals surface area contributed by atoms with Crippen LogP contribution in [0.1, 0.15) is 62.9 Å². The van der Waals surface area contributed by atoms with Gasteiger partial charge in [-0.3, -0.25) is 9.69 Å². The minimum atomic E-state index is -1.30. The van der Waals surface area contributed by atoms with E-state index in [1.54, 1.807) is 0 Å². The standard InChI is InChI=1S/C25H32FN3O4/c1-25(2,3)29-9-5-6-14-11-27(13-19(14)29)21-18(26)10-16-20(23(21)33-4)28(15-7-8-15)12-17(22(16)30)24(31)32/h10,12,14-15,19H,5-9,11,13H2,1-4H3,(H,31,32). The zero-order valence-electron chi connectivity index (χ0n) is 19.7. The number of halogens is 1. The molecule has 8 heteroatoms. The van der Waals surface area contributed by atoms with Crippen molar-refractivity contribution in [1.82, 2.24) is 9.47 Å². The number of methoxy groups -OCH3 is 1. The van der Waals surface area contributed by atoms with Gasteiger partial charge in [0.1, 0.15) is 11.3 Å². The number of aromatic carboxylic acids is 1. The number of benzene rings is 1. The predicted octanol–water partition coefficient (Wildman–Crippen LogP) is 3.88. The maximum Gasteiger partial charge on any atom is 0.341 e.